The van der Waals surface area contributed by atoms with E-state index in [2.05, 4.69) is 15.0 Å². The summed E-state index contributed by atoms with van der Waals surface area (Å²) in [5, 5.41) is 2.07. The first kappa shape index (κ1) is 13.2. The summed E-state index contributed by atoms with van der Waals surface area (Å²) in [6.45, 7) is 1.99. The van der Waals surface area contributed by atoms with Crippen molar-refractivity contribution in [2.24, 2.45) is 0 Å². The van der Waals surface area contributed by atoms with Gasteiger partial charge in [-0.2, -0.15) is 0 Å². The molecule has 0 spiro atoms. The Balaban J connectivity index is 2.31. The molecule has 0 aliphatic heterocycles. The zero-order valence-electron chi connectivity index (χ0n) is 10.9. The molecule has 4 nitrogen and oxygen atoms in total. The Bertz CT molecular complexity index is 837. The average molecular weight is 377 g/mol. The Morgan fingerprint density at radius 1 is 1.25 bits per heavy atom. The first-order valence-electron chi connectivity index (χ1n) is 6.33. The van der Waals surface area contributed by atoms with Crippen LogP contribution in [0.15, 0.2) is 41.3 Å². The van der Waals surface area contributed by atoms with Gasteiger partial charge in [0.15, 0.2) is 5.82 Å². The van der Waals surface area contributed by atoms with Crippen molar-refractivity contribution in [3.05, 3.63) is 56.1 Å². The van der Waals surface area contributed by atoms with Gasteiger partial charge in [0, 0.05) is 11.6 Å². The molecule has 0 saturated carbocycles. The number of aromatic amines is 1. The summed E-state index contributed by atoms with van der Waals surface area (Å²) in [7, 11) is 0. The summed E-state index contributed by atoms with van der Waals surface area (Å²) < 4.78 is 0.647. The number of halogens is 1. The van der Waals surface area contributed by atoms with Gasteiger partial charge in [-0.15, -0.1) is 0 Å². The Morgan fingerprint density at radius 2 is 2.05 bits per heavy atom. The highest BCUT2D eigenvalue weighted by atomic mass is 127. The minimum absolute atomic E-state index is 0.109. The van der Waals surface area contributed by atoms with Crippen molar-refractivity contribution < 1.29 is 0 Å². The predicted molar refractivity (Wildman–Crippen MR) is 87.7 cm³/mol. The summed E-state index contributed by atoms with van der Waals surface area (Å²) in [5.41, 5.74) is 1.41. The maximum atomic E-state index is 12.0. The number of rotatable bonds is 2. The molecule has 0 bridgehead atoms. The van der Waals surface area contributed by atoms with Gasteiger partial charge in [0.25, 0.3) is 5.56 Å². The summed E-state index contributed by atoms with van der Waals surface area (Å²) in [6, 6.07) is 9.89. The van der Waals surface area contributed by atoms with Gasteiger partial charge in [0.1, 0.15) is 5.69 Å². The first-order valence-corrected chi connectivity index (χ1v) is 7.41. The molecule has 3 aromatic rings. The number of nitrogens with zero attached hydrogens (tertiary/aromatic N) is 2. The van der Waals surface area contributed by atoms with Crippen LogP contribution in [0.3, 0.4) is 0 Å². The zero-order valence-corrected chi connectivity index (χ0v) is 13.0. The summed E-state index contributed by atoms with van der Waals surface area (Å²) in [5.74, 6) is 0.532. The number of benzene rings is 1. The van der Waals surface area contributed by atoms with E-state index in [1.54, 1.807) is 6.20 Å². The van der Waals surface area contributed by atoms with E-state index in [1.807, 2.05) is 59.8 Å². The Kier molecular flexibility index (Phi) is 3.52. The predicted octanol–water partition coefficient (Wildman–Crippen LogP) is 3.15. The van der Waals surface area contributed by atoms with Gasteiger partial charge in [-0.3, -0.25) is 9.78 Å². The topological polar surface area (TPSA) is 58.6 Å². The van der Waals surface area contributed by atoms with Gasteiger partial charge in [-0.1, -0.05) is 31.2 Å². The molecular weight excluding hydrogens is 365 g/mol. The second-order valence-corrected chi connectivity index (χ2v) is 5.49. The van der Waals surface area contributed by atoms with Crippen molar-refractivity contribution >= 4 is 33.4 Å². The minimum atomic E-state index is -0.109. The molecule has 1 N–H and O–H groups in total. The van der Waals surface area contributed by atoms with Crippen LogP contribution >= 0.6 is 22.6 Å². The highest BCUT2D eigenvalue weighted by molar-refractivity contribution is 14.1. The minimum Gasteiger partial charge on any atom is -0.304 e. The molecule has 0 atom stereocenters. The number of fused-ring (bicyclic) bond motifs is 1. The number of hydrogen-bond acceptors (Lipinski definition) is 3. The van der Waals surface area contributed by atoms with Gasteiger partial charge in [-0.05, 0) is 40.5 Å². The van der Waals surface area contributed by atoms with Crippen molar-refractivity contribution in [1.29, 1.82) is 0 Å². The molecule has 0 unspecified atom stereocenters. The molecule has 2 heterocycles. The maximum absolute atomic E-state index is 12.0. The largest absolute Gasteiger partial charge is 0.304 e. The molecule has 0 saturated heterocycles. The molecular formula is C15H12IN3O. The highest BCUT2D eigenvalue weighted by Gasteiger charge is 2.12. The van der Waals surface area contributed by atoms with Gasteiger partial charge >= 0.3 is 0 Å². The zero-order chi connectivity index (χ0) is 14.1. The number of hydrogen-bond donors (Lipinski definition) is 1. The second-order valence-electron chi connectivity index (χ2n) is 4.41. The lowest BCUT2D eigenvalue weighted by Crippen LogP contribution is -2.16. The molecule has 5 heteroatoms. The van der Waals surface area contributed by atoms with Crippen LogP contribution in [-0.2, 0) is 6.42 Å². The number of aryl methyl sites for hydroxylation is 1. The van der Waals surface area contributed by atoms with E-state index in [9.17, 15) is 4.79 Å². The van der Waals surface area contributed by atoms with Gasteiger partial charge in [0.05, 0.1) is 9.26 Å². The molecule has 0 fully saturated rings. The molecule has 1 aromatic carbocycles. The molecule has 3 rings (SSSR count). The van der Waals surface area contributed by atoms with E-state index >= 15 is 0 Å². The molecule has 20 heavy (non-hydrogen) atoms. The van der Waals surface area contributed by atoms with E-state index in [4.69, 9.17) is 0 Å². The molecule has 0 aliphatic carbocycles. The van der Waals surface area contributed by atoms with Crippen LogP contribution in [0.4, 0.5) is 0 Å². The third-order valence-electron chi connectivity index (χ3n) is 3.16. The van der Waals surface area contributed by atoms with E-state index in [0.717, 1.165) is 22.9 Å². The van der Waals surface area contributed by atoms with Crippen LogP contribution < -0.4 is 5.56 Å². The van der Waals surface area contributed by atoms with Crippen LogP contribution in [-0.4, -0.2) is 15.0 Å². The van der Waals surface area contributed by atoms with Crippen LogP contribution in [0.1, 0.15) is 12.6 Å². The Morgan fingerprint density at radius 3 is 2.85 bits per heavy atom. The number of H-pyrrole nitrogens is 1. The van der Waals surface area contributed by atoms with E-state index < -0.39 is 0 Å². The lowest BCUT2D eigenvalue weighted by Gasteiger charge is -2.07. The summed E-state index contributed by atoms with van der Waals surface area (Å²) >= 11 is 2.03. The Labute approximate surface area is 129 Å². The smallest absolute Gasteiger partial charge is 0.264 e. The van der Waals surface area contributed by atoms with Gasteiger partial charge in [-0.25, -0.2) is 4.98 Å². The van der Waals surface area contributed by atoms with Crippen molar-refractivity contribution in [2.75, 3.05) is 0 Å². The van der Waals surface area contributed by atoms with Crippen molar-refractivity contribution in [1.82, 2.24) is 15.0 Å². The standard InChI is InChI=1S/C15H12IN3O/c1-2-11-12(16)15(20)19-14(18-11)13-10-6-4-3-5-9(10)7-8-17-13/h3-8H,2H2,1H3,(H,18,19,20). The fourth-order valence-electron chi connectivity index (χ4n) is 2.16. The molecule has 2 aromatic heterocycles. The Hall–Kier alpha value is -1.76. The number of nitrogens with one attached hydrogen (secondary N) is 1. The van der Waals surface area contributed by atoms with Crippen LogP contribution in [0, 0.1) is 3.57 Å². The highest BCUT2D eigenvalue weighted by Crippen LogP contribution is 2.23. The van der Waals surface area contributed by atoms with Crippen LogP contribution in [0.2, 0.25) is 0 Å². The lowest BCUT2D eigenvalue weighted by atomic mass is 10.1. The number of pyridine rings is 1. The van der Waals surface area contributed by atoms with Crippen LogP contribution in [0.5, 0.6) is 0 Å². The van der Waals surface area contributed by atoms with Gasteiger partial charge in [0.2, 0.25) is 0 Å². The third-order valence-corrected chi connectivity index (χ3v) is 4.28. The third kappa shape index (κ3) is 2.22. The average Bonchev–Trinajstić information content (AvgIpc) is 2.49. The number of aromatic nitrogens is 3. The SMILES string of the molecule is CCc1nc(-c2nccc3ccccc23)[nH]c(=O)c1I. The monoisotopic (exact) mass is 377 g/mol. The van der Waals surface area contributed by atoms with Gasteiger partial charge < -0.3 is 4.98 Å². The molecule has 100 valence electrons. The maximum Gasteiger partial charge on any atom is 0.264 e. The molecule has 0 amide bonds. The van der Waals surface area contributed by atoms with E-state index in [1.165, 1.54) is 0 Å². The van der Waals surface area contributed by atoms with Crippen molar-refractivity contribution in [2.45, 2.75) is 13.3 Å². The quantitative estimate of drug-likeness (QED) is 0.698. The lowest BCUT2D eigenvalue weighted by molar-refractivity contribution is 0.964. The van der Waals surface area contributed by atoms with Crippen LogP contribution in [0.25, 0.3) is 22.3 Å². The van der Waals surface area contributed by atoms with Crippen molar-refractivity contribution in [3.8, 4) is 11.5 Å². The second kappa shape index (κ2) is 5.32. The van der Waals surface area contributed by atoms with Crippen molar-refractivity contribution in [3.63, 3.8) is 0 Å². The normalized spacial score (nSPS) is 10.9. The molecule has 0 aliphatic rings. The molecule has 0 radical (unpaired) electrons. The summed E-state index contributed by atoms with van der Waals surface area (Å²) in [6.07, 6.45) is 2.46. The fraction of sp³-hybridized carbons (Fsp3) is 0.133. The van der Waals surface area contributed by atoms with E-state index in [0.29, 0.717) is 15.1 Å². The first-order chi connectivity index (χ1) is 9.70. The fourth-order valence-corrected chi connectivity index (χ4v) is 2.80. The summed E-state index contributed by atoms with van der Waals surface area (Å²) in [4.78, 5) is 23.8. The van der Waals surface area contributed by atoms with E-state index in [-0.39, 0.29) is 5.56 Å².